The van der Waals surface area contributed by atoms with Gasteiger partial charge in [-0.15, -0.1) is 0 Å². The number of anilines is 1. The van der Waals surface area contributed by atoms with Crippen LogP contribution >= 0.6 is 0 Å². The first kappa shape index (κ1) is 11.3. The normalized spacial score (nSPS) is 10.2. The van der Waals surface area contributed by atoms with Gasteiger partial charge in [-0.2, -0.15) is 0 Å². The number of imidazole rings is 1. The number of nitrogens with one attached hydrogen (secondary N) is 2. The molecule has 2 rings (SSSR count). The maximum atomic E-state index is 13.2. The molecule has 0 saturated heterocycles. The van der Waals surface area contributed by atoms with E-state index in [4.69, 9.17) is 0 Å². The van der Waals surface area contributed by atoms with Crippen molar-refractivity contribution in [3.8, 4) is 0 Å². The van der Waals surface area contributed by atoms with Gasteiger partial charge in [0, 0.05) is 18.0 Å². The van der Waals surface area contributed by atoms with Crippen LogP contribution in [0.1, 0.15) is 5.56 Å². The van der Waals surface area contributed by atoms with Crippen LogP contribution in [0, 0.1) is 11.6 Å². The smallest absolute Gasteiger partial charge is 0.231 e. The van der Waals surface area contributed by atoms with Crippen LogP contribution in [0.3, 0.4) is 0 Å². The summed E-state index contributed by atoms with van der Waals surface area (Å²) < 4.78 is 26.5. The van der Waals surface area contributed by atoms with E-state index in [0.717, 1.165) is 12.1 Å². The number of carbonyl (C=O) groups excluding carboxylic acids is 1. The van der Waals surface area contributed by atoms with Gasteiger partial charge in [-0.25, -0.2) is 13.8 Å². The molecule has 2 aromatic rings. The lowest BCUT2D eigenvalue weighted by molar-refractivity contribution is -0.115. The number of amides is 1. The van der Waals surface area contributed by atoms with Gasteiger partial charge in [-0.3, -0.25) is 10.1 Å². The minimum atomic E-state index is -0.736. The van der Waals surface area contributed by atoms with Crippen molar-refractivity contribution >= 4 is 11.9 Å². The SMILES string of the molecule is O=C(Cc1c(F)cccc1F)Nc1ncc[nH]1. The van der Waals surface area contributed by atoms with Crippen LogP contribution in [0.4, 0.5) is 14.7 Å². The second kappa shape index (κ2) is 4.73. The molecule has 17 heavy (non-hydrogen) atoms. The van der Waals surface area contributed by atoms with Crippen molar-refractivity contribution in [1.82, 2.24) is 9.97 Å². The van der Waals surface area contributed by atoms with Gasteiger partial charge in [-0.1, -0.05) is 6.07 Å². The van der Waals surface area contributed by atoms with E-state index in [0.29, 0.717) is 0 Å². The van der Waals surface area contributed by atoms with Crippen molar-refractivity contribution in [2.75, 3.05) is 5.32 Å². The van der Waals surface area contributed by atoms with Gasteiger partial charge in [0.25, 0.3) is 0 Å². The molecule has 0 aliphatic heterocycles. The number of H-pyrrole nitrogens is 1. The lowest BCUT2D eigenvalue weighted by atomic mass is 10.1. The highest BCUT2D eigenvalue weighted by Crippen LogP contribution is 2.13. The average molecular weight is 237 g/mol. The molecule has 0 aliphatic carbocycles. The summed E-state index contributed by atoms with van der Waals surface area (Å²) in [6.07, 6.45) is 2.61. The number of hydrogen-bond acceptors (Lipinski definition) is 2. The molecule has 1 aromatic heterocycles. The molecule has 2 N–H and O–H groups in total. The summed E-state index contributed by atoms with van der Waals surface area (Å²) in [6.45, 7) is 0. The van der Waals surface area contributed by atoms with Crippen LogP contribution in [-0.2, 0) is 11.2 Å². The van der Waals surface area contributed by atoms with Gasteiger partial charge in [0.05, 0.1) is 6.42 Å². The molecule has 0 bridgehead atoms. The zero-order chi connectivity index (χ0) is 12.3. The van der Waals surface area contributed by atoms with Gasteiger partial charge in [0.2, 0.25) is 11.9 Å². The maximum absolute atomic E-state index is 13.2. The Balaban J connectivity index is 2.08. The van der Waals surface area contributed by atoms with E-state index < -0.39 is 17.5 Å². The summed E-state index contributed by atoms with van der Waals surface area (Å²) in [7, 11) is 0. The quantitative estimate of drug-likeness (QED) is 0.856. The van der Waals surface area contributed by atoms with Crippen molar-refractivity contribution in [2.24, 2.45) is 0 Å². The Bertz CT molecular complexity index is 505. The van der Waals surface area contributed by atoms with E-state index in [2.05, 4.69) is 15.3 Å². The van der Waals surface area contributed by atoms with Gasteiger partial charge in [-0.05, 0) is 12.1 Å². The molecule has 88 valence electrons. The van der Waals surface area contributed by atoms with E-state index >= 15 is 0 Å². The van der Waals surface area contributed by atoms with E-state index in [1.54, 1.807) is 0 Å². The number of rotatable bonds is 3. The van der Waals surface area contributed by atoms with E-state index in [1.165, 1.54) is 18.5 Å². The van der Waals surface area contributed by atoms with Crippen molar-refractivity contribution in [2.45, 2.75) is 6.42 Å². The number of benzene rings is 1. The van der Waals surface area contributed by atoms with Crippen LogP contribution in [0.25, 0.3) is 0 Å². The zero-order valence-electron chi connectivity index (χ0n) is 8.71. The molecular weight excluding hydrogens is 228 g/mol. The standard InChI is InChI=1S/C11H9F2N3O/c12-8-2-1-3-9(13)7(8)6-10(17)16-11-14-4-5-15-11/h1-5H,6H2,(H2,14,15,16,17). The fraction of sp³-hybridized carbons (Fsp3) is 0.0909. The summed E-state index contributed by atoms with van der Waals surface area (Å²) in [6, 6.07) is 3.47. The molecule has 1 heterocycles. The third-order valence-electron chi connectivity index (χ3n) is 2.16. The minimum Gasteiger partial charge on any atom is -0.331 e. The maximum Gasteiger partial charge on any atom is 0.231 e. The average Bonchev–Trinajstić information content (AvgIpc) is 2.76. The van der Waals surface area contributed by atoms with Crippen LogP contribution < -0.4 is 5.32 Å². The third-order valence-corrected chi connectivity index (χ3v) is 2.16. The van der Waals surface area contributed by atoms with Gasteiger partial charge in [0.15, 0.2) is 0 Å². The highest BCUT2D eigenvalue weighted by Gasteiger charge is 2.13. The monoisotopic (exact) mass is 237 g/mol. The fourth-order valence-corrected chi connectivity index (χ4v) is 1.37. The Kier molecular flexibility index (Phi) is 3.13. The number of carbonyl (C=O) groups is 1. The molecule has 0 fully saturated rings. The molecule has 0 radical (unpaired) electrons. The Morgan fingerprint density at radius 3 is 2.65 bits per heavy atom. The lowest BCUT2D eigenvalue weighted by Crippen LogP contribution is -2.17. The first-order valence-electron chi connectivity index (χ1n) is 4.89. The summed E-state index contributed by atoms with van der Waals surface area (Å²) in [5.74, 6) is -1.77. The summed E-state index contributed by atoms with van der Waals surface area (Å²) in [5.41, 5.74) is -0.253. The molecule has 1 aromatic carbocycles. The lowest BCUT2D eigenvalue weighted by Gasteiger charge is -2.04. The molecule has 6 heteroatoms. The highest BCUT2D eigenvalue weighted by atomic mass is 19.1. The molecule has 0 saturated carbocycles. The molecular formula is C11H9F2N3O. The zero-order valence-corrected chi connectivity index (χ0v) is 8.71. The third kappa shape index (κ3) is 2.66. The van der Waals surface area contributed by atoms with E-state index in [-0.39, 0.29) is 17.9 Å². The Labute approximate surface area is 95.7 Å². The summed E-state index contributed by atoms with van der Waals surface area (Å²) >= 11 is 0. The predicted molar refractivity (Wildman–Crippen MR) is 57.3 cm³/mol. The van der Waals surface area contributed by atoms with Gasteiger partial charge in [0.1, 0.15) is 11.6 Å². The molecule has 0 atom stereocenters. The molecule has 4 nitrogen and oxygen atoms in total. The molecule has 1 amide bonds. The summed E-state index contributed by atoms with van der Waals surface area (Å²) in [5, 5.41) is 2.39. The van der Waals surface area contributed by atoms with Crippen LogP contribution in [-0.4, -0.2) is 15.9 Å². The van der Waals surface area contributed by atoms with E-state index in [9.17, 15) is 13.6 Å². The van der Waals surface area contributed by atoms with Crippen LogP contribution in [0.2, 0.25) is 0 Å². The van der Waals surface area contributed by atoms with Crippen molar-refractivity contribution in [3.63, 3.8) is 0 Å². The Morgan fingerprint density at radius 1 is 1.35 bits per heavy atom. The second-order valence-corrected chi connectivity index (χ2v) is 3.36. The highest BCUT2D eigenvalue weighted by molar-refractivity contribution is 5.90. The summed E-state index contributed by atoms with van der Waals surface area (Å²) in [4.78, 5) is 17.9. The minimum absolute atomic E-state index is 0.242. The number of halogens is 2. The Hall–Kier alpha value is -2.24. The van der Waals surface area contributed by atoms with Crippen molar-refractivity contribution in [1.29, 1.82) is 0 Å². The first-order chi connectivity index (χ1) is 8.16. The number of aromatic amines is 1. The van der Waals surface area contributed by atoms with Crippen molar-refractivity contribution < 1.29 is 13.6 Å². The second-order valence-electron chi connectivity index (χ2n) is 3.36. The molecule has 0 unspecified atom stereocenters. The molecule has 0 spiro atoms. The topological polar surface area (TPSA) is 57.8 Å². The van der Waals surface area contributed by atoms with Crippen LogP contribution in [0.15, 0.2) is 30.6 Å². The van der Waals surface area contributed by atoms with Gasteiger partial charge < -0.3 is 4.98 Å². The number of aromatic nitrogens is 2. The number of nitrogens with zero attached hydrogens (tertiary/aromatic N) is 1. The fourth-order valence-electron chi connectivity index (χ4n) is 1.37. The number of hydrogen-bond donors (Lipinski definition) is 2. The largest absolute Gasteiger partial charge is 0.331 e. The van der Waals surface area contributed by atoms with Gasteiger partial charge >= 0.3 is 0 Å². The van der Waals surface area contributed by atoms with E-state index in [1.807, 2.05) is 0 Å². The predicted octanol–water partition coefficient (Wildman–Crippen LogP) is 1.87. The van der Waals surface area contributed by atoms with Crippen LogP contribution in [0.5, 0.6) is 0 Å². The van der Waals surface area contributed by atoms with Crippen molar-refractivity contribution in [3.05, 3.63) is 47.8 Å². The molecule has 0 aliphatic rings. The first-order valence-corrected chi connectivity index (χ1v) is 4.89. The Morgan fingerprint density at radius 2 is 2.06 bits per heavy atom.